The van der Waals surface area contributed by atoms with Gasteiger partial charge in [0, 0.05) is 95.7 Å². The van der Waals surface area contributed by atoms with Crippen LogP contribution >= 0.6 is 11.8 Å². The van der Waals surface area contributed by atoms with E-state index in [0.29, 0.717) is 27.8 Å². The van der Waals surface area contributed by atoms with Crippen LogP contribution in [0.2, 0.25) is 0 Å². The molecule has 117 heavy (non-hydrogen) atoms. The number of phenols is 1. The second-order valence-electron chi connectivity index (χ2n) is 27.6. The highest BCUT2D eigenvalue weighted by Gasteiger charge is 2.39. The summed E-state index contributed by atoms with van der Waals surface area (Å²) in [5.41, 5.74) is 19.5. The Morgan fingerprint density at radius 3 is 1.72 bits per heavy atom. The molecule has 24 N–H and O–H groups in total. The Balaban J connectivity index is 1.17. The van der Waals surface area contributed by atoms with Gasteiger partial charge >= 0.3 is 0 Å². The standard InChI is InChI=1S/C76H98N24O16S/c1-4-51-67(108)93-54(26-45-16-10-15-44-14-8-9-17-50(44)45)69(110)94-55(27-46-31-81-39-87-46)65(106)86-35-63(104)90-59(36-101)73(114)92-52(18-11-23-84-76(79)80)75(116)100(3)61(25-43-19-21-49(102)22-20-43)74(115)96-56(28-47-32-82-40-88-47)70(111)97-58(30-77)72(113)95-57(29-48-33-83-41-99(48)2)71(112)98-60(66(107)85-34-62(78)103)37-117-38-64(105)89-53(68(109)91-51)24-42-12-6-5-7-13-42/h5-10,12-17,19-22,31-33,39-41,51-61,101-102H,4,11,18,23-30,34-38,77H2,1-3H3,(H2,78,103)(H,81,87)(H,82,88)(H,85,107)(H,86,106)(H,89,105)(H,90,104)(H,91,109)(H,92,114)(H,93,108)(H,94,110)(H,95,113)(H,96,115)(H,97,111)(H,98,112)(H4,79,80,84)/t51-,52-,53-,54-,55-,56-,57-,58-,59-,60-,61-/m0/s1. The number of primary amides is 1. The van der Waals surface area contributed by atoms with Crippen molar-refractivity contribution in [2.45, 2.75) is 131 Å². The topological polar surface area (TPSA) is 616 Å². The van der Waals surface area contributed by atoms with Gasteiger partial charge in [0.25, 0.3) is 0 Å². The maximum Gasteiger partial charge on any atom is 0.245 e. The Morgan fingerprint density at radius 1 is 0.573 bits per heavy atom. The maximum absolute atomic E-state index is 15.2. The largest absolute Gasteiger partial charge is 0.508 e. The Morgan fingerprint density at radius 2 is 1.11 bits per heavy atom. The number of aromatic hydroxyl groups is 1. The first-order valence-corrected chi connectivity index (χ1v) is 38.5. The number of thioether (sulfide) groups is 1. The molecule has 4 aromatic carbocycles. The smallest absolute Gasteiger partial charge is 0.245 e. The quantitative estimate of drug-likeness (QED) is 0.0171. The van der Waals surface area contributed by atoms with Crippen molar-refractivity contribution in [1.82, 2.24) is 104 Å². The van der Waals surface area contributed by atoms with Gasteiger partial charge in [-0.15, -0.1) is 11.8 Å². The van der Waals surface area contributed by atoms with Crippen molar-refractivity contribution < 1.29 is 77.3 Å². The van der Waals surface area contributed by atoms with Crippen LogP contribution in [0.1, 0.15) is 60.0 Å². The second-order valence-corrected chi connectivity index (χ2v) is 28.6. The molecule has 7 aromatic rings. The number of hydrogen-bond donors (Lipinski definition) is 21. The first-order valence-electron chi connectivity index (χ1n) is 37.4. The molecule has 41 heteroatoms. The van der Waals surface area contributed by atoms with E-state index in [4.69, 9.17) is 22.6 Å². The molecular weight excluding hydrogens is 1540 g/mol. The number of amides is 14. The highest BCUT2D eigenvalue weighted by molar-refractivity contribution is 8.00. The number of likely N-dealkylation sites (N-methyl/N-ethyl adjacent to an activating group) is 1. The normalized spacial score (nSPS) is 22.2. The molecule has 0 aliphatic carbocycles. The van der Waals surface area contributed by atoms with E-state index in [0.717, 1.165) is 22.0 Å². The molecule has 1 fully saturated rings. The number of aliphatic hydroxyl groups is 1. The van der Waals surface area contributed by atoms with E-state index >= 15 is 14.4 Å². The predicted octanol–water partition coefficient (Wildman–Crippen LogP) is -5.76. The van der Waals surface area contributed by atoms with E-state index in [1.165, 1.54) is 73.5 Å². The fourth-order valence-electron chi connectivity index (χ4n) is 12.5. The van der Waals surface area contributed by atoms with Crippen molar-refractivity contribution in [3.8, 4) is 5.75 Å². The molecule has 14 amide bonds. The average Bonchev–Trinajstić information content (AvgIpc) is 1.81. The predicted molar refractivity (Wildman–Crippen MR) is 425 cm³/mol. The van der Waals surface area contributed by atoms with Gasteiger partial charge in [0.15, 0.2) is 5.96 Å². The molecule has 1 saturated heterocycles. The summed E-state index contributed by atoms with van der Waals surface area (Å²) in [6.45, 7) is -1.79. The summed E-state index contributed by atoms with van der Waals surface area (Å²) in [5.74, 6) is -15.1. The van der Waals surface area contributed by atoms with E-state index in [2.05, 4.69) is 94.0 Å². The number of hydrogen-bond acceptors (Lipinski definition) is 22. The number of nitrogens with one attached hydrogen (secondary N) is 16. The minimum Gasteiger partial charge on any atom is -0.508 e. The number of carbonyl (C=O) groups excluding carboxylic acids is 14. The summed E-state index contributed by atoms with van der Waals surface area (Å²) < 4.78 is 1.53. The third-order valence-electron chi connectivity index (χ3n) is 18.9. The summed E-state index contributed by atoms with van der Waals surface area (Å²) in [7, 11) is 2.81. The van der Waals surface area contributed by atoms with Gasteiger partial charge < -0.3 is 116 Å². The number of phenolic OH excluding ortho intramolecular Hbond substituents is 1. The summed E-state index contributed by atoms with van der Waals surface area (Å²) in [5, 5.41) is 63.7. The molecule has 1 aliphatic rings. The van der Waals surface area contributed by atoms with Crippen LogP contribution in [0.5, 0.6) is 5.75 Å². The number of guanidine groups is 1. The molecule has 11 atom stereocenters. The van der Waals surface area contributed by atoms with Crippen LogP contribution in [0.15, 0.2) is 135 Å². The van der Waals surface area contributed by atoms with Crippen LogP contribution < -0.4 is 86.3 Å². The average molecular weight is 1640 g/mol. The van der Waals surface area contributed by atoms with Crippen LogP contribution in [0.25, 0.3) is 10.8 Å². The van der Waals surface area contributed by atoms with E-state index in [1.807, 2.05) is 18.2 Å². The molecule has 0 radical (unpaired) electrons. The van der Waals surface area contributed by atoms with E-state index in [1.54, 1.807) is 68.6 Å². The highest BCUT2D eigenvalue weighted by atomic mass is 32.2. The minimum absolute atomic E-state index is 0.00762. The number of nitrogens with two attached hydrogens (primary N) is 3. The zero-order valence-corrected chi connectivity index (χ0v) is 65.2. The van der Waals surface area contributed by atoms with Gasteiger partial charge in [-0.25, -0.2) is 15.0 Å². The number of aromatic nitrogens is 6. The summed E-state index contributed by atoms with van der Waals surface area (Å²) >= 11 is 0.801. The van der Waals surface area contributed by atoms with Crippen LogP contribution in [-0.2, 0) is 113 Å². The Kier molecular flexibility index (Phi) is 33.8. The highest BCUT2D eigenvalue weighted by Crippen LogP contribution is 2.22. The second kappa shape index (κ2) is 44.4. The SMILES string of the molecule is CC[C@@H]1NC(=O)[C@H](Cc2ccccc2)NC(=O)CSC[C@@H](C(=O)NCC(N)=O)NC(=O)[C@H](Cc2cncn2C)NC(=O)[C@H](CN)NC(=O)[C@H](Cc2c[nH]cn2)NC(=O)[C@H](Cc2ccc(O)cc2)N(C)C(=O)[C@H](CCCNC(=N)N)NC(=O)[C@H](CO)NC(=O)CNC(=O)[C@H](Cc2c[nH]cn2)NC(=O)[C@H](Cc2cccc3ccccc23)NC1=O. The van der Waals surface area contributed by atoms with Crippen LogP contribution in [-0.4, -0.2) is 251 Å². The Bertz CT molecular complexity index is 4610. The maximum atomic E-state index is 15.2. The summed E-state index contributed by atoms with van der Waals surface area (Å²) in [4.78, 5) is 221. The molecule has 0 saturated carbocycles. The van der Waals surface area contributed by atoms with Crippen molar-refractivity contribution >= 4 is 111 Å². The van der Waals surface area contributed by atoms with Gasteiger partial charge in [0.1, 0.15) is 72.2 Å². The monoisotopic (exact) mass is 1630 g/mol. The first-order chi connectivity index (χ1) is 56.1. The molecule has 0 unspecified atom stereocenters. The molecule has 624 valence electrons. The molecule has 1 aliphatic heterocycles. The number of benzene rings is 4. The lowest BCUT2D eigenvalue weighted by Gasteiger charge is -2.33. The van der Waals surface area contributed by atoms with Gasteiger partial charge in [-0.2, -0.15) is 0 Å². The van der Waals surface area contributed by atoms with Gasteiger partial charge in [-0.3, -0.25) is 72.5 Å². The number of fused-ring (bicyclic) bond motifs is 1. The fourth-order valence-corrected chi connectivity index (χ4v) is 13.4. The van der Waals surface area contributed by atoms with Crippen LogP contribution in [0, 0.1) is 5.41 Å². The molecular formula is C76H98N24O16S. The lowest BCUT2D eigenvalue weighted by molar-refractivity contribution is -0.143. The van der Waals surface area contributed by atoms with Crippen molar-refractivity contribution in [3.05, 3.63) is 168 Å². The summed E-state index contributed by atoms with van der Waals surface area (Å²) in [6.07, 6.45) is 6.23. The number of aromatic amines is 2. The molecule has 3 aromatic heterocycles. The zero-order chi connectivity index (χ0) is 84.7. The lowest BCUT2D eigenvalue weighted by atomic mass is 9.97. The number of carbonyl (C=O) groups is 14. The number of imidazole rings is 3. The van der Waals surface area contributed by atoms with Crippen molar-refractivity contribution in [2.24, 2.45) is 24.2 Å². The van der Waals surface area contributed by atoms with Crippen molar-refractivity contribution in [2.75, 3.05) is 51.3 Å². The number of nitrogens with zero attached hydrogens (tertiary/aromatic N) is 5. The molecule has 0 spiro atoms. The van der Waals surface area contributed by atoms with Gasteiger partial charge in [0.05, 0.1) is 55.8 Å². The molecule has 40 nitrogen and oxygen atoms in total. The Hall–Kier alpha value is -13.3. The fraction of sp³-hybridized carbons (Fsp3) is 0.395. The number of aliphatic hydroxyl groups excluding tert-OH is 1. The number of rotatable bonds is 22. The number of aryl methyl sites for hydroxylation is 1. The van der Waals surface area contributed by atoms with E-state index in [-0.39, 0.29) is 81.5 Å². The van der Waals surface area contributed by atoms with Gasteiger partial charge in [0.2, 0.25) is 82.7 Å². The third kappa shape index (κ3) is 27.5. The minimum atomic E-state index is -1.84. The Labute approximate surface area is 675 Å². The lowest BCUT2D eigenvalue weighted by Crippen LogP contribution is -2.62. The van der Waals surface area contributed by atoms with Crippen molar-refractivity contribution in [3.63, 3.8) is 0 Å². The molecule has 8 rings (SSSR count). The van der Waals surface area contributed by atoms with Crippen molar-refractivity contribution in [1.29, 1.82) is 5.41 Å². The van der Waals surface area contributed by atoms with E-state index in [9.17, 15) is 63.0 Å². The molecule has 0 bridgehead atoms. The first kappa shape index (κ1) is 89.2. The zero-order valence-electron chi connectivity index (χ0n) is 64.4. The van der Waals surface area contributed by atoms with Crippen LogP contribution in [0.3, 0.4) is 0 Å². The molecule has 4 heterocycles. The summed E-state index contributed by atoms with van der Waals surface area (Å²) in [6, 6.07) is 9.08. The van der Waals surface area contributed by atoms with Gasteiger partial charge in [-0.1, -0.05) is 91.9 Å². The van der Waals surface area contributed by atoms with Crippen LogP contribution in [0.4, 0.5) is 0 Å². The van der Waals surface area contributed by atoms with Gasteiger partial charge in [-0.05, 0) is 58.9 Å². The third-order valence-corrected chi connectivity index (χ3v) is 19.9. The number of H-pyrrole nitrogens is 2. The van der Waals surface area contributed by atoms with E-state index < -0.39 is 193 Å².